The topological polar surface area (TPSA) is 111 Å². The molecule has 9 nitrogen and oxygen atoms in total. The van der Waals surface area contributed by atoms with Crippen LogP contribution < -0.4 is 4.89 Å². The lowest BCUT2D eigenvalue weighted by atomic mass is 10.0. The van der Waals surface area contributed by atoms with Gasteiger partial charge in [-0.15, -0.1) is 0 Å². The smallest absolute Gasteiger partial charge is 0.306 e. The van der Waals surface area contributed by atoms with Crippen LogP contribution in [0.3, 0.4) is 0 Å². The normalized spacial score (nSPS) is 14.2. The summed E-state index contributed by atoms with van der Waals surface area (Å²) in [4.78, 5) is 37.4. The summed E-state index contributed by atoms with van der Waals surface area (Å²) in [5, 5.41) is 0. The minimum atomic E-state index is -4.63. The number of hydrogen-bond acceptors (Lipinski definition) is 8. The lowest BCUT2D eigenvalue weighted by molar-refractivity contribution is -0.870. The zero-order chi connectivity index (χ0) is 39.3. The van der Waals surface area contributed by atoms with Crippen molar-refractivity contribution in [2.75, 3.05) is 47.5 Å². The van der Waals surface area contributed by atoms with Gasteiger partial charge in [-0.2, -0.15) is 0 Å². The van der Waals surface area contributed by atoms with E-state index in [0.29, 0.717) is 23.9 Å². The third-order valence-corrected chi connectivity index (χ3v) is 9.67. The molecule has 2 atom stereocenters. The Kier molecular flexibility index (Phi) is 34.3. The number of ether oxygens (including phenoxy) is 2. The van der Waals surface area contributed by atoms with Gasteiger partial charge < -0.3 is 27.9 Å². The number of carbonyl (C=O) groups is 2. The quantitative estimate of drug-likeness (QED) is 0.0202. The molecule has 0 aromatic rings. The first-order valence-corrected chi connectivity index (χ1v) is 22.4. The number of phosphoric ester groups is 1. The van der Waals surface area contributed by atoms with Gasteiger partial charge in [0.15, 0.2) is 6.10 Å². The second-order valence-corrected chi connectivity index (χ2v) is 16.5. The number of rotatable bonds is 37. The minimum Gasteiger partial charge on any atom is -0.756 e. The van der Waals surface area contributed by atoms with Crippen molar-refractivity contribution in [2.45, 2.75) is 168 Å². The van der Waals surface area contributed by atoms with Crippen LogP contribution in [-0.4, -0.2) is 70.0 Å². The second kappa shape index (κ2) is 35.7. The maximum Gasteiger partial charge on any atom is 0.306 e. The van der Waals surface area contributed by atoms with E-state index in [4.69, 9.17) is 18.5 Å². The number of hydrogen-bond donors (Lipinski definition) is 0. The van der Waals surface area contributed by atoms with E-state index in [2.05, 4.69) is 32.1 Å². The monoisotopic (exact) mass is 768 g/mol. The molecule has 0 aliphatic heterocycles. The first-order chi connectivity index (χ1) is 25.5. The van der Waals surface area contributed by atoms with E-state index in [9.17, 15) is 19.0 Å². The number of nitrogens with zero attached hydrogens (tertiary/aromatic N) is 1. The molecular weight excluding hydrogens is 689 g/mol. The van der Waals surface area contributed by atoms with Gasteiger partial charge in [-0.3, -0.25) is 14.2 Å². The number of carbonyl (C=O) groups excluding carboxylic acids is 2. The molecule has 0 saturated heterocycles. The standard InChI is InChI=1S/C43H78NO8P/c1-6-8-10-12-14-16-18-20-22-24-25-27-29-31-33-35-42(45)49-39-41(40-51-53(47,48)50-38-37-44(3,4)5)52-43(46)36-34-32-30-28-26-23-21-19-17-15-13-11-9-7-2/h8,10,12,14,16,18,20,22,41H,6-7,9,11,13,15,17,19,21,23-40H2,1-5H3/b10-8+,14-12+,18-16+,22-20+/t41-/m1/s1. The highest BCUT2D eigenvalue weighted by molar-refractivity contribution is 7.45. The maximum atomic E-state index is 12.6. The summed E-state index contributed by atoms with van der Waals surface area (Å²) in [5.74, 6) is -0.862. The third-order valence-electron chi connectivity index (χ3n) is 8.71. The molecule has 1 unspecified atom stereocenters. The SMILES string of the molecule is CC/C=C/C=C/C=C/C=C/CCCCCCCC(=O)OC[C@H](COP(=O)([O-])OCC[N+](C)(C)C)OC(=O)CCCCCCCCCCCCCCCC. The van der Waals surface area contributed by atoms with Crippen LogP contribution in [0, 0.1) is 0 Å². The van der Waals surface area contributed by atoms with Gasteiger partial charge in [0.05, 0.1) is 27.7 Å². The summed E-state index contributed by atoms with van der Waals surface area (Å²) in [7, 11) is 1.15. The van der Waals surface area contributed by atoms with E-state index in [-0.39, 0.29) is 26.1 Å². The molecule has 0 N–H and O–H groups in total. The average molecular weight is 768 g/mol. The van der Waals surface area contributed by atoms with Gasteiger partial charge in [0.1, 0.15) is 19.8 Å². The van der Waals surface area contributed by atoms with Crippen LogP contribution in [0.15, 0.2) is 48.6 Å². The molecule has 0 amide bonds. The summed E-state index contributed by atoms with van der Waals surface area (Å²) in [6.07, 6.45) is 39.9. The number of esters is 2. The Hall–Kier alpha value is -2.03. The molecule has 308 valence electrons. The van der Waals surface area contributed by atoms with Crippen LogP contribution in [-0.2, 0) is 32.7 Å². The Bertz CT molecular complexity index is 1050. The van der Waals surface area contributed by atoms with E-state index in [1.165, 1.54) is 64.2 Å². The first kappa shape index (κ1) is 51.0. The second-order valence-electron chi connectivity index (χ2n) is 15.1. The van der Waals surface area contributed by atoms with Gasteiger partial charge in [0.2, 0.25) is 0 Å². The highest BCUT2D eigenvalue weighted by Crippen LogP contribution is 2.38. The van der Waals surface area contributed by atoms with Gasteiger partial charge in [0, 0.05) is 12.8 Å². The predicted octanol–water partition coefficient (Wildman–Crippen LogP) is 10.9. The van der Waals surface area contributed by atoms with Crippen molar-refractivity contribution in [1.82, 2.24) is 0 Å². The highest BCUT2D eigenvalue weighted by Gasteiger charge is 2.21. The molecule has 0 rings (SSSR count). The number of phosphoric acid groups is 1. The molecule has 0 saturated carbocycles. The molecular formula is C43H78NO8P. The number of allylic oxidation sites excluding steroid dienone is 8. The molecule has 0 aromatic carbocycles. The van der Waals surface area contributed by atoms with Crippen LogP contribution in [0.1, 0.15) is 162 Å². The van der Waals surface area contributed by atoms with E-state index < -0.39 is 32.5 Å². The fourth-order valence-corrected chi connectivity index (χ4v) is 6.16. The van der Waals surface area contributed by atoms with Crippen molar-refractivity contribution in [1.29, 1.82) is 0 Å². The summed E-state index contributed by atoms with van der Waals surface area (Å²) in [6, 6.07) is 0. The molecule has 53 heavy (non-hydrogen) atoms. The van der Waals surface area contributed by atoms with Gasteiger partial charge in [-0.05, 0) is 32.1 Å². The summed E-state index contributed by atoms with van der Waals surface area (Å²) >= 11 is 0. The molecule has 10 heteroatoms. The lowest BCUT2D eigenvalue weighted by Crippen LogP contribution is -2.37. The fraction of sp³-hybridized carbons (Fsp3) is 0.767. The van der Waals surface area contributed by atoms with Crippen LogP contribution >= 0.6 is 7.82 Å². The Morgan fingerprint density at radius 1 is 0.604 bits per heavy atom. The average Bonchev–Trinajstić information content (AvgIpc) is 3.10. The highest BCUT2D eigenvalue weighted by atomic mass is 31.2. The van der Waals surface area contributed by atoms with Crippen LogP contribution in [0.2, 0.25) is 0 Å². The molecule has 0 radical (unpaired) electrons. The van der Waals surface area contributed by atoms with Crippen molar-refractivity contribution in [3.05, 3.63) is 48.6 Å². The summed E-state index contributed by atoms with van der Waals surface area (Å²) in [5.41, 5.74) is 0. The van der Waals surface area contributed by atoms with Gasteiger partial charge in [-0.25, -0.2) is 0 Å². The van der Waals surface area contributed by atoms with Gasteiger partial charge in [0.25, 0.3) is 7.82 Å². The molecule has 0 fully saturated rings. The minimum absolute atomic E-state index is 0.0356. The zero-order valence-corrected chi connectivity index (χ0v) is 35.3. The van der Waals surface area contributed by atoms with Crippen molar-refractivity contribution in [3.8, 4) is 0 Å². The molecule has 0 spiro atoms. The summed E-state index contributed by atoms with van der Waals surface area (Å²) < 4.78 is 33.8. The molecule has 0 aliphatic carbocycles. The number of quaternary nitrogens is 1. The Morgan fingerprint density at radius 2 is 1.08 bits per heavy atom. The van der Waals surface area contributed by atoms with Crippen molar-refractivity contribution in [3.63, 3.8) is 0 Å². The van der Waals surface area contributed by atoms with Crippen LogP contribution in [0.25, 0.3) is 0 Å². The van der Waals surface area contributed by atoms with E-state index >= 15 is 0 Å². The Labute approximate surface area is 324 Å². The lowest BCUT2D eigenvalue weighted by Gasteiger charge is -2.28. The summed E-state index contributed by atoms with van der Waals surface area (Å²) in [6.45, 7) is 4.05. The predicted molar refractivity (Wildman–Crippen MR) is 217 cm³/mol. The molecule has 0 aromatic heterocycles. The van der Waals surface area contributed by atoms with Crippen LogP contribution in [0.4, 0.5) is 0 Å². The van der Waals surface area contributed by atoms with Gasteiger partial charge in [-0.1, -0.05) is 165 Å². The maximum absolute atomic E-state index is 12.6. The fourth-order valence-electron chi connectivity index (χ4n) is 5.43. The van der Waals surface area contributed by atoms with Gasteiger partial charge >= 0.3 is 11.9 Å². The molecule has 0 bridgehead atoms. The van der Waals surface area contributed by atoms with Crippen molar-refractivity contribution >= 4 is 19.8 Å². The van der Waals surface area contributed by atoms with Crippen molar-refractivity contribution < 1.29 is 42.1 Å². The Morgan fingerprint density at radius 3 is 1.60 bits per heavy atom. The molecule has 0 aliphatic rings. The number of likely N-dealkylation sites (N-methyl/N-ethyl adjacent to an activating group) is 1. The molecule has 0 heterocycles. The number of unbranched alkanes of at least 4 members (excludes halogenated alkanes) is 18. The van der Waals surface area contributed by atoms with Crippen LogP contribution in [0.5, 0.6) is 0 Å². The van der Waals surface area contributed by atoms with E-state index in [1.54, 1.807) is 0 Å². The van der Waals surface area contributed by atoms with E-state index in [1.807, 2.05) is 51.5 Å². The third kappa shape index (κ3) is 39.5. The first-order valence-electron chi connectivity index (χ1n) is 20.9. The zero-order valence-electron chi connectivity index (χ0n) is 34.4. The largest absolute Gasteiger partial charge is 0.756 e. The Balaban J connectivity index is 4.43. The van der Waals surface area contributed by atoms with E-state index in [0.717, 1.165) is 57.8 Å². The van der Waals surface area contributed by atoms with Crippen molar-refractivity contribution in [2.24, 2.45) is 0 Å².